The molecule has 1 fully saturated rings. The highest BCUT2D eigenvalue weighted by Crippen LogP contribution is 2.35. The number of halogens is 6. The van der Waals surface area contributed by atoms with Crippen molar-refractivity contribution in [2.75, 3.05) is 6.54 Å². The summed E-state index contributed by atoms with van der Waals surface area (Å²) in [6, 6.07) is 8.50. The number of primary amides is 1. The van der Waals surface area contributed by atoms with Gasteiger partial charge in [-0.15, -0.1) is 0 Å². The lowest BCUT2D eigenvalue weighted by atomic mass is 9.89. The van der Waals surface area contributed by atoms with E-state index in [2.05, 4.69) is 20.1 Å². The fourth-order valence-corrected chi connectivity index (χ4v) is 4.72. The first-order valence-electron chi connectivity index (χ1n) is 12.1. The van der Waals surface area contributed by atoms with E-state index in [9.17, 15) is 31.1 Å². The number of benzene rings is 2. The topological polar surface area (TPSA) is 114 Å². The quantitative estimate of drug-likeness (QED) is 0.303. The van der Waals surface area contributed by atoms with Crippen LogP contribution in [0.15, 0.2) is 59.3 Å². The van der Waals surface area contributed by atoms with Gasteiger partial charge in [0.25, 0.3) is 5.89 Å². The van der Waals surface area contributed by atoms with E-state index in [0.29, 0.717) is 36.5 Å². The zero-order chi connectivity index (χ0) is 28.7. The van der Waals surface area contributed by atoms with Crippen LogP contribution in [0.3, 0.4) is 0 Å². The van der Waals surface area contributed by atoms with Crippen molar-refractivity contribution in [3.05, 3.63) is 77.5 Å². The number of aromatic amines is 1. The molecule has 2 atom stereocenters. The van der Waals surface area contributed by atoms with Gasteiger partial charge in [0.2, 0.25) is 5.91 Å². The zero-order valence-electron chi connectivity index (χ0n) is 20.6. The number of aromatic nitrogens is 4. The maximum atomic E-state index is 13.1. The maximum Gasteiger partial charge on any atom is 0.416 e. The van der Waals surface area contributed by atoms with Gasteiger partial charge in [-0.25, -0.2) is 4.98 Å². The van der Waals surface area contributed by atoms with Crippen LogP contribution in [0.5, 0.6) is 0 Å². The Morgan fingerprint density at radius 2 is 1.75 bits per heavy atom. The minimum atomic E-state index is -4.52. The zero-order valence-corrected chi connectivity index (χ0v) is 20.6. The van der Waals surface area contributed by atoms with E-state index in [-0.39, 0.29) is 29.7 Å². The van der Waals surface area contributed by atoms with Crippen molar-refractivity contribution in [2.24, 2.45) is 5.73 Å². The Hall–Kier alpha value is -4.20. The summed E-state index contributed by atoms with van der Waals surface area (Å²) in [5, 5.41) is 3.86. The van der Waals surface area contributed by atoms with Crippen LogP contribution in [0.1, 0.15) is 41.5 Å². The average Bonchev–Trinajstić information content (AvgIpc) is 3.58. The number of carbonyl (C=O) groups excluding carboxylic acids is 1. The number of hydrogen-bond donors (Lipinski definition) is 2. The van der Waals surface area contributed by atoms with Gasteiger partial charge in [-0.2, -0.15) is 31.3 Å². The molecule has 210 valence electrons. The van der Waals surface area contributed by atoms with E-state index in [1.165, 1.54) is 30.5 Å². The van der Waals surface area contributed by atoms with Crippen molar-refractivity contribution in [3.63, 3.8) is 0 Å². The van der Waals surface area contributed by atoms with Crippen LogP contribution in [0.4, 0.5) is 26.3 Å². The van der Waals surface area contributed by atoms with Gasteiger partial charge in [0.15, 0.2) is 5.82 Å². The third kappa shape index (κ3) is 5.86. The monoisotopic (exact) mass is 564 g/mol. The number of alkyl halides is 6. The Balaban J connectivity index is 1.27. The van der Waals surface area contributed by atoms with Gasteiger partial charge < -0.3 is 15.2 Å². The molecular formula is C26H22F6N6O2. The number of rotatable bonds is 6. The normalized spacial score (nSPS) is 18.6. The second-order valence-electron chi connectivity index (χ2n) is 9.46. The number of nitrogens with two attached hydrogens (primary N) is 1. The molecule has 40 heavy (non-hydrogen) atoms. The summed E-state index contributed by atoms with van der Waals surface area (Å²) in [5.74, 6) is -0.0893. The van der Waals surface area contributed by atoms with Crippen molar-refractivity contribution < 1.29 is 35.7 Å². The van der Waals surface area contributed by atoms with Gasteiger partial charge in [0.05, 0.1) is 35.6 Å². The summed E-state index contributed by atoms with van der Waals surface area (Å²) in [6.45, 7) is 0.486. The van der Waals surface area contributed by atoms with Crippen LogP contribution in [-0.4, -0.2) is 43.5 Å². The second-order valence-corrected chi connectivity index (χ2v) is 9.46. The number of amides is 1. The predicted molar refractivity (Wildman–Crippen MR) is 129 cm³/mol. The van der Waals surface area contributed by atoms with E-state index >= 15 is 0 Å². The Kier molecular flexibility index (Phi) is 7.12. The summed E-state index contributed by atoms with van der Waals surface area (Å²) in [5.41, 5.74) is 5.26. The van der Waals surface area contributed by atoms with Crippen LogP contribution in [-0.2, 0) is 23.7 Å². The highest BCUT2D eigenvalue weighted by Gasteiger charge is 2.35. The molecule has 0 bridgehead atoms. The van der Waals surface area contributed by atoms with Gasteiger partial charge >= 0.3 is 12.4 Å². The molecule has 1 saturated heterocycles. The number of imidazole rings is 1. The van der Waals surface area contributed by atoms with Crippen LogP contribution >= 0.6 is 0 Å². The number of likely N-dealkylation sites (tertiary alicyclic amines) is 1. The number of carbonyl (C=O) groups is 1. The van der Waals surface area contributed by atoms with Gasteiger partial charge in [-0.3, -0.25) is 9.69 Å². The van der Waals surface area contributed by atoms with E-state index in [1.807, 2.05) is 0 Å². The number of hydrogen-bond acceptors (Lipinski definition) is 6. The summed E-state index contributed by atoms with van der Waals surface area (Å²) >= 11 is 0. The first-order chi connectivity index (χ1) is 18.9. The molecule has 2 aromatic heterocycles. The molecule has 1 aliphatic rings. The highest BCUT2D eigenvalue weighted by molar-refractivity contribution is 5.80. The summed E-state index contributed by atoms with van der Waals surface area (Å²) in [4.78, 5) is 25.8. The largest absolute Gasteiger partial charge is 0.416 e. The fraction of sp³-hybridized carbons (Fsp3) is 0.308. The molecule has 14 heteroatoms. The molecule has 8 nitrogen and oxygen atoms in total. The van der Waals surface area contributed by atoms with Gasteiger partial charge in [0.1, 0.15) is 5.82 Å². The van der Waals surface area contributed by atoms with Crippen molar-refractivity contribution in [3.8, 4) is 22.7 Å². The van der Waals surface area contributed by atoms with Gasteiger partial charge in [-0.05, 0) is 48.7 Å². The lowest BCUT2D eigenvalue weighted by molar-refractivity contribution is -0.138. The first-order valence-corrected chi connectivity index (χ1v) is 12.1. The number of nitrogens with one attached hydrogen (secondary N) is 1. The molecule has 3 N–H and O–H groups in total. The molecule has 0 saturated carbocycles. The van der Waals surface area contributed by atoms with Crippen molar-refractivity contribution >= 4 is 5.91 Å². The van der Waals surface area contributed by atoms with Crippen LogP contribution in [0, 0.1) is 0 Å². The van der Waals surface area contributed by atoms with Crippen LogP contribution < -0.4 is 5.73 Å². The second kappa shape index (κ2) is 10.4. The first kappa shape index (κ1) is 27.4. The lowest BCUT2D eigenvalue weighted by Crippen LogP contribution is -2.49. The third-order valence-corrected chi connectivity index (χ3v) is 6.80. The van der Waals surface area contributed by atoms with Gasteiger partial charge in [-0.1, -0.05) is 23.4 Å². The number of piperidine rings is 1. The van der Waals surface area contributed by atoms with E-state index in [4.69, 9.17) is 10.3 Å². The minimum absolute atomic E-state index is 0.0811. The summed E-state index contributed by atoms with van der Waals surface area (Å²) in [7, 11) is 0. The molecule has 0 radical (unpaired) electrons. The van der Waals surface area contributed by atoms with Gasteiger partial charge in [0, 0.05) is 18.0 Å². The Bertz CT molecular complexity index is 1490. The van der Waals surface area contributed by atoms with E-state index in [1.54, 1.807) is 4.90 Å². The number of nitrogens with zero attached hydrogens (tertiary/aromatic N) is 4. The van der Waals surface area contributed by atoms with Crippen molar-refractivity contribution in [2.45, 2.75) is 43.7 Å². The number of H-pyrrole nitrogens is 1. The third-order valence-electron chi connectivity index (χ3n) is 6.80. The SMILES string of the molecule is NC(=O)C1CC(c2ncc(-c3ccc(C(F)(F)F)cc3)[nH]2)CCN1Cc1noc(-c2cccc(C(F)(F)F)c2)n1. The Morgan fingerprint density at radius 3 is 2.42 bits per heavy atom. The summed E-state index contributed by atoms with van der Waals surface area (Å²) in [6.07, 6.45) is -6.55. The standard InChI is InChI=1S/C26H22F6N6O2/c27-25(28,29)17-6-4-14(5-7-17)19-12-34-23(35-19)15-8-9-38(20(11-15)22(33)39)13-21-36-24(40-37-21)16-2-1-3-18(10-16)26(30,31)32/h1-7,10,12,15,20H,8-9,11,13H2,(H2,33,39)(H,34,35). The average molecular weight is 564 g/mol. The molecule has 2 aromatic carbocycles. The molecule has 1 amide bonds. The van der Waals surface area contributed by atoms with Crippen LogP contribution in [0.25, 0.3) is 22.7 Å². The molecule has 5 rings (SSSR count). The maximum absolute atomic E-state index is 13.1. The molecule has 1 aliphatic heterocycles. The molecule has 0 spiro atoms. The molecule has 2 unspecified atom stereocenters. The van der Waals surface area contributed by atoms with Crippen molar-refractivity contribution in [1.82, 2.24) is 25.0 Å². The Labute approximate surface area is 223 Å². The molecule has 4 aromatic rings. The smallest absolute Gasteiger partial charge is 0.368 e. The molecular weight excluding hydrogens is 542 g/mol. The molecule has 0 aliphatic carbocycles. The minimum Gasteiger partial charge on any atom is -0.368 e. The molecule has 3 heterocycles. The van der Waals surface area contributed by atoms with Crippen molar-refractivity contribution in [1.29, 1.82) is 0 Å². The fourth-order valence-electron chi connectivity index (χ4n) is 4.72. The van der Waals surface area contributed by atoms with E-state index < -0.39 is 35.4 Å². The van der Waals surface area contributed by atoms with Crippen LogP contribution in [0.2, 0.25) is 0 Å². The van der Waals surface area contributed by atoms with E-state index in [0.717, 1.165) is 24.3 Å². The predicted octanol–water partition coefficient (Wildman–Crippen LogP) is 5.40. The lowest BCUT2D eigenvalue weighted by Gasteiger charge is -2.36. The highest BCUT2D eigenvalue weighted by atomic mass is 19.4. The summed E-state index contributed by atoms with van der Waals surface area (Å²) < 4.78 is 82.9. The Morgan fingerprint density at radius 1 is 1.02 bits per heavy atom.